The van der Waals surface area contributed by atoms with E-state index in [1.54, 1.807) is 25.1 Å². The minimum atomic E-state index is -0.447. The van der Waals surface area contributed by atoms with Gasteiger partial charge in [-0.3, -0.25) is 20.4 Å². The Morgan fingerprint density at radius 3 is 2.58 bits per heavy atom. The average Bonchev–Trinajstić information content (AvgIpc) is 3.10. The molecule has 0 bridgehead atoms. The fraction of sp³-hybridized carbons (Fsp3) is 0.235. The van der Waals surface area contributed by atoms with Crippen LogP contribution in [0.25, 0.3) is 0 Å². The molecule has 1 aromatic carbocycles. The minimum absolute atomic E-state index is 0.0519. The maximum Gasteiger partial charge on any atom is 0.288 e. The topological polar surface area (TPSA) is 95.2 Å². The van der Waals surface area contributed by atoms with E-state index in [0.29, 0.717) is 6.42 Å². The van der Waals surface area contributed by atoms with E-state index in [0.717, 1.165) is 11.3 Å². The summed E-state index contributed by atoms with van der Waals surface area (Å²) in [4.78, 5) is 28.3. The van der Waals surface area contributed by atoms with Gasteiger partial charge in [0.25, 0.3) is 11.8 Å². The molecule has 3 rings (SSSR count). The lowest BCUT2D eigenvalue weighted by molar-refractivity contribution is -0.123. The average molecular weight is 325 g/mol. The molecule has 24 heavy (non-hydrogen) atoms. The Balaban J connectivity index is 1.52. The highest BCUT2D eigenvalue weighted by Gasteiger charge is 2.30. The van der Waals surface area contributed by atoms with E-state index in [1.807, 2.05) is 30.3 Å². The smallest absolute Gasteiger partial charge is 0.271 e. The van der Waals surface area contributed by atoms with Gasteiger partial charge >= 0.3 is 0 Å². The molecule has 1 fully saturated rings. The van der Waals surface area contributed by atoms with Gasteiger partial charge < -0.3 is 0 Å². The molecule has 0 saturated carbocycles. The number of aryl methyl sites for hydroxylation is 1. The fourth-order valence-electron chi connectivity index (χ4n) is 2.57. The third-order valence-corrected chi connectivity index (χ3v) is 3.84. The second-order valence-electron chi connectivity index (χ2n) is 5.65. The summed E-state index contributed by atoms with van der Waals surface area (Å²) in [7, 11) is 0. The largest absolute Gasteiger partial charge is 0.288 e. The number of amides is 2. The van der Waals surface area contributed by atoms with Crippen LogP contribution in [0.4, 0.5) is 0 Å². The molecule has 0 spiro atoms. The first-order chi connectivity index (χ1) is 11.6. The maximum absolute atomic E-state index is 12.2. The van der Waals surface area contributed by atoms with Crippen molar-refractivity contribution in [2.45, 2.75) is 25.4 Å². The van der Waals surface area contributed by atoms with Gasteiger partial charge in [0.05, 0.1) is 0 Å². The van der Waals surface area contributed by atoms with Gasteiger partial charge in [0, 0.05) is 11.7 Å². The zero-order valence-corrected chi connectivity index (χ0v) is 13.2. The SMILES string of the molecule is Cc1cccc(C(=O)NNC(=O)C2CC(c3ccccc3)NN2)n1. The molecule has 2 amide bonds. The van der Waals surface area contributed by atoms with Crippen LogP contribution in [0.2, 0.25) is 0 Å². The lowest BCUT2D eigenvalue weighted by Gasteiger charge is -2.11. The van der Waals surface area contributed by atoms with Crippen molar-refractivity contribution in [3.63, 3.8) is 0 Å². The monoisotopic (exact) mass is 325 g/mol. The second-order valence-corrected chi connectivity index (χ2v) is 5.65. The van der Waals surface area contributed by atoms with Crippen LogP contribution in [0.3, 0.4) is 0 Å². The number of nitrogens with one attached hydrogen (secondary N) is 4. The molecule has 0 aliphatic carbocycles. The zero-order chi connectivity index (χ0) is 16.9. The highest BCUT2D eigenvalue weighted by atomic mass is 16.2. The quantitative estimate of drug-likeness (QED) is 0.625. The Labute approximate surface area is 139 Å². The summed E-state index contributed by atoms with van der Waals surface area (Å²) in [5.74, 6) is -0.750. The third-order valence-electron chi connectivity index (χ3n) is 3.84. The molecule has 0 radical (unpaired) electrons. The lowest BCUT2D eigenvalue weighted by Crippen LogP contribution is -2.50. The van der Waals surface area contributed by atoms with Crippen LogP contribution in [0.1, 0.15) is 34.2 Å². The summed E-state index contributed by atoms with van der Waals surface area (Å²) in [6, 6.07) is 14.6. The summed E-state index contributed by atoms with van der Waals surface area (Å²) in [5, 5.41) is 0. The van der Waals surface area contributed by atoms with Crippen molar-refractivity contribution in [3.05, 3.63) is 65.5 Å². The highest BCUT2D eigenvalue weighted by Crippen LogP contribution is 2.21. The lowest BCUT2D eigenvalue weighted by atomic mass is 10.0. The van der Waals surface area contributed by atoms with Crippen LogP contribution in [0.5, 0.6) is 0 Å². The number of hydrogen-bond acceptors (Lipinski definition) is 5. The Bertz CT molecular complexity index is 735. The van der Waals surface area contributed by atoms with E-state index in [2.05, 4.69) is 26.7 Å². The first kappa shape index (κ1) is 16.1. The van der Waals surface area contributed by atoms with Gasteiger partial charge in [0.1, 0.15) is 11.7 Å². The molecule has 7 nitrogen and oxygen atoms in total. The van der Waals surface area contributed by atoms with Gasteiger partial charge in [0.15, 0.2) is 0 Å². The van der Waals surface area contributed by atoms with Crippen molar-refractivity contribution in [2.75, 3.05) is 0 Å². The van der Waals surface area contributed by atoms with Crippen LogP contribution < -0.4 is 21.7 Å². The van der Waals surface area contributed by atoms with Gasteiger partial charge in [-0.1, -0.05) is 36.4 Å². The highest BCUT2D eigenvalue weighted by molar-refractivity contribution is 5.94. The number of benzene rings is 1. The minimum Gasteiger partial charge on any atom is -0.271 e. The molecule has 7 heteroatoms. The van der Waals surface area contributed by atoms with Crippen LogP contribution in [-0.4, -0.2) is 22.8 Å². The molecule has 1 aliphatic rings. The van der Waals surface area contributed by atoms with Crippen molar-refractivity contribution in [3.8, 4) is 0 Å². The Morgan fingerprint density at radius 2 is 1.83 bits per heavy atom. The summed E-state index contributed by atoms with van der Waals surface area (Å²) >= 11 is 0. The van der Waals surface area contributed by atoms with E-state index < -0.39 is 11.9 Å². The Kier molecular flexibility index (Phi) is 4.83. The number of nitrogens with zero attached hydrogens (tertiary/aromatic N) is 1. The third kappa shape index (κ3) is 3.76. The number of pyridine rings is 1. The molecule has 2 atom stereocenters. The van der Waals surface area contributed by atoms with E-state index in [9.17, 15) is 9.59 Å². The number of hydrazine groups is 2. The van der Waals surface area contributed by atoms with Crippen molar-refractivity contribution in [2.24, 2.45) is 0 Å². The predicted molar refractivity (Wildman–Crippen MR) is 88.4 cm³/mol. The predicted octanol–water partition coefficient (Wildman–Crippen LogP) is 0.759. The molecule has 124 valence electrons. The summed E-state index contributed by atoms with van der Waals surface area (Å²) < 4.78 is 0. The van der Waals surface area contributed by atoms with Crippen LogP contribution >= 0.6 is 0 Å². The maximum atomic E-state index is 12.2. The molecule has 1 aromatic heterocycles. The van der Waals surface area contributed by atoms with E-state index >= 15 is 0 Å². The molecule has 2 aromatic rings. The van der Waals surface area contributed by atoms with Gasteiger partial charge in [0.2, 0.25) is 0 Å². The Morgan fingerprint density at radius 1 is 1.04 bits per heavy atom. The van der Waals surface area contributed by atoms with Crippen LogP contribution in [-0.2, 0) is 4.79 Å². The van der Waals surface area contributed by atoms with E-state index in [-0.39, 0.29) is 17.6 Å². The first-order valence-corrected chi connectivity index (χ1v) is 7.73. The van der Waals surface area contributed by atoms with Crippen molar-refractivity contribution in [1.29, 1.82) is 0 Å². The molecular weight excluding hydrogens is 306 g/mol. The number of rotatable bonds is 3. The second kappa shape index (κ2) is 7.20. The fourth-order valence-corrected chi connectivity index (χ4v) is 2.57. The van der Waals surface area contributed by atoms with Crippen LogP contribution in [0, 0.1) is 6.92 Å². The van der Waals surface area contributed by atoms with E-state index in [1.165, 1.54) is 0 Å². The number of aromatic nitrogens is 1. The van der Waals surface area contributed by atoms with Gasteiger partial charge in [-0.2, -0.15) is 0 Å². The standard InChI is InChI=1S/C17H19N5O2/c1-11-6-5-9-13(18-11)16(23)21-22-17(24)15-10-14(19-20-15)12-7-3-2-4-8-12/h2-9,14-15,19-20H,10H2,1H3,(H,21,23)(H,22,24). The zero-order valence-electron chi connectivity index (χ0n) is 13.2. The van der Waals surface area contributed by atoms with Crippen molar-refractivity contribution >= 4 is 11.8 Å². The summed E-state index contributed by atoms with van der Waals surface area (Å²) in [6.45, 7) is 1.80. The van der Waals surface area contributed by atoms with Gasteiger partial charge in [-0.25, -0.2) is 15.8 Å². The summed E-state index contributed by atoms with van der Waals surface area (Å²) in [5.41, 5.74) is 13.0. The molecule has 2 heterocycles. The number of hydrogen-bond donors (Lipinski definition) is 4. The molecule has 1 aliphatic heterocycles. The van der Waals surface area contributed by atoms with Crippen molar-refractivity contribution in [1.82, 2.24) is 26.7 Å². The number of carbonyl (C=O) groups excluding carboxylic acids is 2. The Hall–Kier alpha value is -2.77. The normalized spacial score (nSPS) is 19.7. The van der Waals surface area contributed by atoms with E-state index in [4.69, 9.17) is 0 Å². The first-order valence-electron chi connectivity index (χ1n) is 7.73. The van der Waals surface area contributed by atoms with Crippen molar-refractivity contribution < 1.29 is 9.59 Å². The molecule has 4 N–H and O–H groups in total. The molecular formula is C17H19N5O2. The van der Waals surface area contributed by atoms with Crippen LogP contribution in [0.15, 0.2) is 48.5 Å². The molecule has 1 saturated heterocycles. The summed E-state index contributed by atoms with van der Waals surface area (Å²) in [6.07, 6.45) is 0.592. The van der Waals surface area contributed by atoms with Gasteiger partial charge in [-0.05, 0) is 31.0 Å². The van der Waals surface area contributed by atoms with Gasteiger partial charge in [-0.15, -0.1) is 0 Å². The molecule has 2 unspecified atom stereocenters. The number of carbonyl (C=O) groups is 2.